The number of hydrogen-bond acceptors (Lipinski definition) is 2. The van der Waals surface area contributed by atoms with E-state index in [1.165, 1.54) is 18.3 Å². The van der Waals surface area contributed by atoms with Gasteiger partial charge >= 0.3 is 0 Å². The van der Waals surface area contributed by atoms with E-state index in [1.54, 1.807) is 0 Å². The molecule has 0 heterocycles. The molecule has 0 atom stereocenters. The van der Waals surface area contributed by atoms with Gasteiger partial charge in [0.05, 0.1) is 18.3 Å². The second kappa shape index (κ2) is 3.89. The van der Waals surface area contributed by atoms with Gasteiger partial charge in [-0.2, -0.15) is 0 Å². The van der Waals surface area contributed by atoms with Crippen LogP contribution in [0.1, 0.15) is 0 Å². The Balaban J connectivity index is 2.40. The maximum absolute atomic E-state index is 4.51. The van der Waals surface area contributed by atoms with Crippen molar-refractivity contribution in [3.63, 3.8) is 0 Å². The molecule has 0 aliphatic carbocycles. The molecule has 0 spiro atoms. The summed E-state index contributed by atoms with van der Waals surface area (Å²) in [6, 6.07) is 0. The zero-order valence-corrected chi connectivity index (χ0v) is 3.92. The van der Waals surface area contributed by atoms with Crippen molar-refractivity contribution in [3.8, 4) is 0 Å². The van der Waals surface area contributed by atoms with Crippen LogP contribution in [0.2, 0.25) is 0 Å². The lowest BCUT2D eigenvalue weighted by molar-refractivity contribution is 0.572. The van der Waals surface area contributed by atoms with Crippen molar-refractivity contribution < 1.29 is 4.18 Å². The lowest BCUT2D eigenvalue weighted by Gasteiger charge is -1.81. The molecule has 0 saturated carbocycles. The molecule has 30 valence electrons. The Bertz CT molecular complexity index is 28.1. The second-order valence-corrected chi connectivity index (χ2v) is 0.955. The Labute approximate surface area is 36.2 Å². The van der Waals surface area contributed by atoms with E-state index in [2.05, 4.69) is 10.8 Å². The van der Waals surface area contributed by atoms with Crippen molar-refractivity contribution in [1.82, 2.24) is 0 Å². The van der Waals surface area contributed by atoms with Crippen LogP contribution in [0, 0.1) is 0 Å². The molecular formula is C3H6OS. The summed E-state index contributed by atoms with van der Waals surface area (Å²) in [6.07, 6.45) is 3.23. The van der Waals surface area contributed by atoms with Crippen LogP contribution in [0.25, 0.3) is 0 Å². The van der Waals surface area contributed by atoms with Gasteiger partial charge in [-0.1, -0.05) is 6.58 Å². The van der Waals surface area contributed by atoms with E-state index in [1.807, 2.05) is 6.26 Å². The predicted octanol–water partition coefficient (Wildman–Crippen LogP) is 1.42. The standard InChI is InChI=1S/C3H6OS/c1-3-4-5-2/h3H,1H2,2H3. The predicted molar refractivity (Wildman–Crippen MR) is 24.8 cm³/mol. The Hall–Kier alpha value is -0.110. The molecule has 0 unspecified atom stereocenters. The van der Waals surface area contributed by atoms with Gasteiger partial charge in [0.15, 0.2) is 0 Å². The number of rotatable bonds is 2. The molecular weight excluding hydrogens is 84.1 g/mol. The van der Waals surface area contributed by atoms with Crippen molar-refractivity contribution in [3.05, 3.63) is 12.8 Å². The molecule has 5 heavy (non-hydrogen) atoms. The molecule has 0 bridgehead atoms. The minimum Gasteiger partial charge on any atom is -0.434 e. The van der Waals surface area contributed by atoms with Gasteiger partial charge in [-0.15, -0.1) is 0 Å². The highest BCUT2D eigenvalue weighted by molar-refractivity contribution is 7.94. The van der Waals surface area contributed by atoms with Crippen LogP contribution in [0.5, 0.6) is 0 Å². The Morgan fingerprint density at radius 1 is 2.00 bits per heavy atom. The summed E-state index contributed by atoms with van der Waals surface area (Å²) >= 11 is 1.28. The molecule has 0 aromatic carbocycles. The van der Waals surface area contributed by atoms with Gasteiger partial charge in [-0.05, 0) is 0 Å². The van der Waals surface area contributed by atoms with E-state index in [9.17, 15) is 0 Å². The van der Waals surface area contributed by atoms with E-state index in [0.717, 1.165) is 0 Å². The van der Waals surface area contributed by atoms with E-state index in [4.69, 9.17) is 0 Å². The van der Waals surface area contributed by atoms with E-state index in [0.29, 0.717) is 0 Å². The third kappa shape index (κ3) is 3.89. The summed E-state index contributed by atoms with van der Waals surface area (Å²) in [5.41, 5.74) is 0. The van der Waals surface area contributed by atoms with Crippen molar-refractivity contribution in [2.45, 2.75) is 0 Å². The Kier molecular flexibility index (Phi) is 3.80. The zero-order chi connectivity index (χ0) is 4.12. The van der Waals surface area contributed by atoms with Gasteiger partial charge in [0.1, 0.15) is 0 Å². The average Bonchev–Trinajstić information content (AvgIpc) is 1.41. The smallest absolute Gasteiger partial charge is 0.0938 e. The molecule has 0 radical (unpaired) electrons. The first kappa shape index (κ1) is 4.89. The Morgan fingerprint density at radius 2 is 2.60 bits per heavy atom. The molecule has 2 heteroatoms. The topological polar surface area (TPSA) is 9.23 Å². The fourth-order valence-corrected chi connectivity index (χ4v) is 0.204. The summed E-state index contributed by atoms with van der Waals surface area (Å²) in [6.45, 7) is 3.31. The van der Waals surface area contributed by atoms with Crippen molar-refractivity contribution in [2.24, 2.45) is 0 Å². The van der Waals surface area contributed by atoms with Gasteiger partial charge in [0.25, 0.3) is 0 Å². The molecule has 0 aromatic rings. The molecule has 0 aliphatic rings. The maximum Gasteiger partial charge on any atom is 0.0938 e. The highest BCUT2D eigenvalue weighted by Gasteiger charge is 1.57. The summed E-state index contributed by atoms with van der Waals surface area (Å²) in [5, 5.41) is 0. The van der Waals surface area contributed by atoms with E-state index in [-0.39, 0.29) is 0 Å². The van der Waals surface area contributed by atoms with Crippen LogP contribution in [0.4, 0.5) is 0 Å². The van der Waals surface area contributed by atoms with Crippen molar-refractivity contribution in [2.75, 3.05) is 6.26 Å². The molecule has 0 N–H and O–H groups in total. The zero-order valence-electron chi connectivity index (χ0n) is 3.10. The van der Waals surface area contributed by atoms with Gasteiger partial charge in [0.2, 0.25) is 0 Å². The second-order valence-electron chi connectivity index (χ2n) is 0.430. The fourth-order valence-electron chi connectivity index (χ4n) is 0.0680. The molecule has 0 aliphatic heterocycles. The maximum atomic E-state index is 4.51. The highest BCUT2D eigenvalue weighted by Crippen LogP contribution is 1.90. The van der Waals surface area contributed by atoms with Crippen LogP contribution in [0.15, 0.2) is 12.8 Å². The summed E-state index contributed by atoms with van der Waals surface area (Å²) in [7, 11) is 0. The first-order valence-corrected chi connectivity index (χ1v) is 2.37. The first-order chi connectivity index (χ1) is 2.41. The van der Waals surface area contributed by atoms with Crippen molar-refractivity contribution >= 4 is 12.0 Å². The van der Waals surface area contributed by atoms with Gasteiger partial charge in [-0.25, -0.2) is 0 Å². The molecule has 1 nitrogen and oxygen atoms in total. The monoisotopic (exact) mass is 90.0 g/mol. The van der Waals surface area contributed by atoms with Crippen LogP contribution >= 0.6 is 12.0 Å². The normalized spacial score (nSPS) is 6.60. The third-order valence-corrected chi connectivity index (χ3v) is 0.493. The molecule has 0 rings (SSSR count). The van der Waals surface area contributed by atoms with Gasteiger partial charge < -0.3 is 4.18 Å². The average molecular weight is 90.1 g/mol. The minimum absolute atomic E-state index is 1.28. The third-order valence-electron chi connectivity index (χ3n) is 0.164. The molecule has 0 saturated heterocycles. The lowest BCUT2D eigenvalue weighted by Crippen LogP contribution is -1.51. The quantitative estimate of drug-likeness (QED) is 0.374. The molecule has 0 aromatic heterocycles. The fraction of sp³-hybridized carbons (Fsp3) is 0.333. The summed E-state index contributed by atoms with van der Waals surface area (Å²) < 4.78 is 4.51. The molecule has 0 fully saturated rings. The van der Waals surface area contributed by atoms with Crippen LogP contribution in [-0.4, -0.2) is 6.26 Å². The van der Waals surface area contributed by atoms with Crippen LogP contribution < -0.4 is 0 Å². The van der Waals surface area contributed by atoms with E-state index < -0.39 is 0 Å². The summed E-state index contributed by atoms with van der Waals surface area (Å²) in [4.78, 5) is 0. The first-order valence-electron chi connectivity index (χ1n) is 1.22. The van der Waals surface area contributed by atoms with Gasteiger partial charge in [0, 0.05) is 6.26 Å². The van der Waals surface area contributed by atoms with Crippen molar-refractivity contribution in [1.29, 1.82) is 0 Å². The summed E-state index contributed by atoms with van der Waals surface area (Å²) in [5.74, 6) is 0. The SMILES string of the molecule is C=COSC. The van der Waals surface area contributed by atoms with Crippen LogP contribution in [0.3, 0.4) is 0 Å². The molecule has 0 amide bonds. The minimum atomic E-state index is 1.28. The van der Waals surface area contributed by atoms with Gasteiger partial charge in [-0.3, -0.25) is 0 Å². The Morgan fingerprint density at radius 3 is 2.60 bits per heavy atom. The van der Waals surface area contributed by atoms with E-state index >= 15 is 0 Å². The lowest BCUT2D eigenvalue weighted by atomic mass is 11.2. The van der Waals surface area contributed by atoms with Crippen LogP contribution in [-0.2, 0) is 4.18 Å². The number of hydrogen-bond donors (Lipinski definition) is 0. The highest BCUT2D eigenvalue weighted by atomic mass is 32.2. The largest absolute Gasteiger partial charge is 0.434 e.